The van der Waals surface area contributed by atoms with Gasteiger partial charge < -0.3 is 9.64 Å². The lowest BCUT2D eigenvalue weighted by molar-refractivity contribution is 0.0695. The quantitative estimate of drug-likeness (QED) is 0.841. The third kappa shape index (κ3) is 2.83. The summed E-state index contributed by atoms with van der Waals surface area (Å²) in [5.74, 6) is 0.942. The van der Waals surface area contributed by atoms with Crippen LogP contribution in [-0.2, 0) is 10.8 Å². The van der Waals surface area contributed by atoms with E-state index in [1.54, 1.807) is 23.1 Å². The number of benzene rings is 1. The number of methoxy groups -OCH3 is 1. The van der Waals surface area contributed by atoms with E-state index in [0.29, 0.717) is 28.6 Å². The lowest BCUT2D eigenvalue weighted by Crippen LogP contribution is -2.52. The van der Waals surface area contributed by atoms with E-state index in [0.717, 1.165) is 0 Å². The van der Waals surface area contributed by atoms with E-state index in [1.165, 1.54) is 7.11 Å². The molecule has 1 heterocycles. The predicted molar refractivity (Wildman–Crippen MR) is 81.0 cm³/mol. The molecule has 0 N–H and O–H groups in total. The number of ether oxygens (including phenoxy) is 1. The Morgan fingerprint density at radius 2 is 2.15 bits per heavy atom. The Hall–Kier alpha value is -1.07. The summed E-state index contributed by atoms with van der Waals surface area (Å²) < 4.78 is 16.9. The van der Waals surface area contributed by atoms with Crippen LogP contribution in [0.3, 0.4) is 0 Å². The van der Waals surface area contributed by atoms with E-state index in [2.05, 4.69) is 0 Å². The van der Waals surface area contributed by atoms with Crippen molar-refractivity contribution < 1.29 is 13.7 Å². The number of rotatable bonds is 2. The number of hydrogen-bond acceptors (Lipinski definition) is 3. The summed E-state index contributed by atoms with van der Waals surface area (Å²) in [5.41, 5.74) is 0.540. The molecule has 3 atom stereocenters. The van der Waals surface area contributed by atoms with Crippen molar-refractivity contribution in [1.29, 1.82) is 0 Å². The first-order valence-corrected chi connectivity index (χ1v) is 8.23. The predicted octanol–water partition coefficient (Wildman–Crippen LogP) is 2.33. The first-order valence-electron chi connectivity index (χ1n) is 6.47. The van der Waals surface area contributed by atoms with Gasteiger partial charge in [-0.1, -0.05) is 11.6 Å². The summed E-state index contributed by atoms with van der Waals surface area (Å²) in [4.78, 5) is 14.3. The van der Waals surface area contributed by atoms with Gasteiger partial charge in [0.2, 0.25) is 0 Å². The van der Waals surface area contributed by atoms with E-state index in [9.17, 15) is 9.00 Å². The van der Waals surface area contributed by atoms with Gasteiger partial charge in [0.15, 0.2) is 0 Å². The van der Waals surface area contributed by atoms with E-state index < -0.39 is 10.8 Å². The minimum absolute atomic E-state index is 0.0121. The van der Waals surface area contributed by atoms with Gasteiger partial charge in [0, 0.05) is 34.7 Å². The van der Waals surface area contributed by atoms with Gasteiger partial charge in [-0.2, -0.15) is 0 Å². The molecule has 1 saturated heterocycles. The number of carbonyl (C=O) groups is 1. The molecular weight excluding hydrogens is 298 g/mol. The van der Waals surface area contributed by atoms with Crippen molar-refractivity contribution in [3.63, 3.8) is 0 Å². The molecule has 0 aliphatic carbocycles. The van der Waals surface area contributed by atoms with Gasteiger partial charge in [0.05, 0.1) is 17.4 Å². The van der Waals surface area contributed by atoms with Crippen molar-refractivity contribution in [2.45, 2.75) is 25.1 Å². The summed E-state index contributed by atoms with van der Waals surface area (Å²) in [5, 5.41) is 0.465. The van der Waals surface area contributed by atoms with Crippen molar-refractivity contribution in [2.24, 2.45) is 0 Å². The fourth-order valence-electron chi connectivity index (χ4n) is 2.30. The number of hydrogen-bond donors (Lipinski definition) is 0. The highest BCUT2D eigenvalue weighted by molar-refractivity contribution is 7.85. The second kappa shape index (κ2) is 6.14. The van der Waals surface area contributed by atoms with Gasteiger partial charge in [-0.05, 0) is 32.0 Å². The minimum Gasteiger partial charge on any atom is -0.495 e. The van der Waals surface area contributed by atoms with Gasteiger partial charge in [-0.25, -0.2) is 0 Å². The average molecular weight is 316 g/mol. The first-order chi connectivity index (χ1) is 9.45. The van der Waals surface area contributed by atoms with Crippen LogP contribution >= 0.6 is 11.6 Å². The Labute approximate surface area is 126 Å². The zero-order chi connectivity index (χ0) is 14.9. The van der Waals surface area contributed by atoms with E-state index in [1.807, 2.05) is 13.8 Å². The molecule has 0 radical (unpaired) electrons. The molecule has 20 heavy (non-hydrogen) atoms. The molecule has 1 aliphatic heterocycles. The largest absolute Gasteiger partial charge is 0.495 e. The summed E-state index contributed by atoms with van der Waals surface area (Å²) in [6, 6.07) is 4.95. The van der Waals surface area contributed by atoms with E-state index in [4.69, 9.17) is 16.3 Å². The molecule has 6 heteroatoms. The molecule has 0 spiro atoms. The van der Waals surface area contributed by atoms with Crippen LogP contribution in [0.4, 0.5) is 0 Å². The number of halogens is 1. The van der Waals surface area contributed by atoms with Crippen molar-refractivity contribution in [2.75, 3.05) is 19.4 Å². The minimum atomic E-state index is -0.858. The molecule has 1 fully saturated rings. The molecule has 0 aromatic heterocycles. The summed E-state index contributed by atoms with van der Waals surface area (Å²) >= 11 is 5.97. The SMILES string of the molecule is COc1cc(C(=O)N2CC[S@](=O)[C@@H](C)[C@H]2C)ccc1Cl. The average Bonchev–Trinajstić information content (AvgIpc) is 2.45. The van der Waals surface area contributed by atoms with E-state index in [-0.39, 0.29) is 17.2 Å². The Bertz CT molecular complexity index is 549. The van der Waals surface area contributed by atoms with Crippen LogP contribution in [0.15, 0.2) is 18.2 Å². The van der Waals surface area contributed by atoms with Gasteiger partial charge >= 0.3 is 0 Å². The lowest BCUT2D eigenvalue weighted by Gasteiger charge is -2.37. The summed E-state index contributed by atoms with van der Waals surface area (Å²) in [6.07, 6.45) is 0. The fourth-order valence-corrected chi connectivity index (χ4v) is 3.83. The molecule has 0 unspecified atom stereocenters. The Kier molecular flexibility index (Phi) is 4.70. The standard InChI is InChI=1S/C14H18ClNO3S/c1-9-10(2)20(18)7-6-16(9)14(17)11-4-5-12(15)13(8-11)19-3/h4-5,8-10H,6-7H2,1-3H3/t9-,10+,20+/m1/s1. The first kappa shape index (κ1) is 15.3. The van der Waals surface area contributed by atoms with Crippen LogP contribution in [0.1, 0.15) is 24.2 Å². The third-order valence-electron chi connectivity index (χ3n) is 3.78. The Morgan fingerprint density at radius 1 is 1.45 bits per heavy atom. The maximum Gasteiger partial charge on any atom is 0.254 e. The van der Waals surface area contributed by atoms with Crippen LogP contribution in [0.25, 0.3) is 0 Å². The highest BCUT2D eigenvalue weighted by Gasteiger charge is 2.33. The van der Waals surface area contributed by atoms with Gasteiger partial charge in [-0.3, -0.25) is 9.00 Å². The lowest BCUT2D eigenvalue weighted by atomic mass is 10.1. The highest BCUT2D eigenvalue weighted by Crippen LogP contribution is 2.27. The second-order valence-corrected chi connectivity index (χ2v) is 7.20. The normalized spacial score (nSPS) is 26.4. The zero-order valence-corrected chi connectivity index (χ0v) is 13.3. The monoisotopic (exact) mass is 315 g/mol. The summed E-state index contributed by atoms with van der Waals surface area (Å²) in [7, 11) is 0.660. The molecule has 110 valence electrons. The molecule has 1 aliphatic rings. The molecule has 1 aromatic rings. The van der Waals surface area contributed by atoms with Crippen LogP contribution < -0.4 is 4.74 Å². The third-order valence-corrected chi connectivity index (χ3v) is 5.90. The van der Waals surface area contributed by atoms with Gasteiger partial charge in [0.25, 0.3) is 5.91 Å². The van der Waals surface area contributed by atoms with Crippen molar-refractivity contribution in [3.05, 3.63) is 28.8 Å². The maximum atomic E-state index is 12.6. The molecule has 4 nitrogen and oxygen atoms in total. The van der Waals surface area contributed by atoms with Crippen LogP contribution in [0.5, 0.6) is 5.75 Å². The fraction of sp³-hybridized carbons (Fsp3) is 0.500. The number of carbonyl (C=O) groups excluding carboxylic acids is 1. The molecule has 2 rings (SSSR count). The molecular formula is C14H18ClNO3S. The molecule has 1 aromatic carbocycles. The Balaban J connectivity index is 2.25. The van der Waals surface area contributed by atoms with Crippen LogP contribution in [-0.4, -0.2) is 45.7 Å². The summed E-state index contributed by atoms with van der Waals surface area (Å²) in [6.45, 7) is 4.37. The van der Waals surface area contributed by atoms with E-state index >= 15 is 0 Å². The molecule has 0 saturated carbocycles. The zero-order valence-electron chi connectivity index (χ0n) is 11.8. The number of amides is 1. The second-order valence-electron chi connectivity index (χ2n) is 4.88. The molecule has 1 amide bonds. The maximum absolute atomic E-state index is 12.6. The number of nitrogens with zero attached hydrogens (tertiary/aromatic N) is 1. The van der Waals surface area contributed by atoms with Crippen LogP contribution in [0.2, 0.25) is 5.02 Å². The van der Waals surface area contributed by atoms with Crippen molar-refractivity contribution in [3.8, 4) is 5.75 Å². The van der Waals surface area contributed by atoms with Crippen molar-refractivity contribution in [1.82, 2.24) is 4.90 Å². The highest BCUT2D eigenvalue weighted by atomic mass is 35.5. The topological polar surface area (TPSA) is 46.6 Å². The Morgan fingerprint density at radius 3 is 2.80 bits per heavy atom. The smallest absolute Gasteiger partial charge is 0.254 e. The molecule has 0 bridgehead atoms. The van der Waals surface area contributed by atoms with Crippen LogP contribution in [0, 0.1) is 0 Å². The van der Waals surface area contributed by atoms with Gasteiger partial charge in [-0.15, -0.1) is 0 Å². The van der Waals surface area contributed by atoms with Gasteiger partial charge in [0.1, 0.15) is 5.75 Å². The van der Waals surface area contributed by atoms with Crippen molar-refractivity contribution >= 4 is 28.3 Å².